The summed E-state index contributed by atoms with van der Waals surface area (Å²) in [4.78, 5) is 8.85. The highest BCUT2D eigenvalue weighted by atomic mass is 35.5. The molecule has 0 amide bonds. The molecule has 25 heavy (non-hydrogen) atoms. The maximum absolute atomic E-state index is 13.0. The fraction of sp³-hybridized carbons (Fsp3) is 0. The summed E-state index contributed by atoms with van der Waals surface area (Å²) in [6.45, 7) is 0. The van der Waals surface area contributed by atoms with Gasteiger partial charge in [-0.15, -0.1) is 0 Å². The zero-order valence-electron chi connectivity index (χ0n) is 12.8. The Labute approximate surface area is 156 Å². The number of fused-ring (bicyclic) bond motifs is 1. The van der Waals surface area contributed by atoms with E-state index in [4.69, 9.17) is 23.2 Å². The fourth-order valence-corrected chi connectivity index (χ4v) is 4.14. The number of aromatic nitrogens is 3. The molecule has 0 radical (unpaired) electrons. The van der Waals surface area contributed by atoms with E-state index < -0.39 is 11.0 Å². The van der Waals surface area contributed by atoms with Crippen molar-refractivity contribution in [2.24, 2.45) is 0 Å². The van der Waals surface area contributed by atoms with Crippen LogP contribution in [0.5, 0.6) is 0 Å². The zero-order valence-corrected chi connectivity index (χ0v) is 15.1. The van der Waals surface area contributed by atoms with Crippen LogP contribution >= 0.6 is 23.2 Å². The lowest BCUT2D eigenvalue weighted by Crippen LogP contribution is -2.03. The lowest BCUT2D eigenvalue weighted by atomic mass is 10.1. The molecule has 0 aliphatic rings. The third-order valence-corrected chi connectivity index (χ3v) is 5.56. The van der Waals surface area contributed by atoms with Crippen LogP contribution in [0.2, 0.25) is 10.3 Å². The molecule has 4 nitrogen and oxygen atoms in total. The van der Waals surface area contributed by atoms with Crippen molar-refractivity contribution in [1.82, 2.24) is 13.9 Å². The topological polar surface area (TPSA) is 47.8 Å². The highest BCUT2D eigenvalue weighted by molar-refractivity contribution is 7.83. The zero-order chi connectivity index (χ0) is 17.4. The van der Waals surface area contributed by atoms with Gasteiger partial charge < -0.3 is 0 Å². The Morgan fingerprint density at radius 2 is 1.68 bits per heavy atom. The van der Waals surface area contributed by atoms with E-state index in [0.717, 1.165) is 16.5 Å². The smallest absolute Gasteiger partial charge is 0.222 e. The molecule has 0 aliphatic carbocycles. The first-order chi connectivity index (χ1) is 12.1. The first-order valence-electron chi connectivity index (χ1n) is 7.41. The fourth-order valence-electron chi connectivity index (χ4n) is 2.66. The van der Waals surface area contributed by atoms with Gasteiger partial charge in [0, 0.05) is 17.1 Å². The molecule has 0 saturated heterocycles. The summed E-state index contributed by atoms with van der Waals surface area (Å²) in [6.07, 6.45) is 3.25. The first-order valence-corrected chi connectivity index (χ1v) is 9.27. The Hall–Kier alpha value is -2.21. The van der Waals surface area contributed by atoms with Gasteiger partial charge >= 0.3 is 0 Å². The molecule has 0 N–H and O–H groups in total. The molecule has 0 bridgehead atoms. The summed E-state index contributed by atoms with van der Waals surface area (Å²) in [5, 5.41) is 1.39. The summed E-state index contributed by atoms with van der Waals surface area (Å²) in [5.41, 5.74) is 2.10. The van der Waals surface area contributed by atoms with Crippen molar-refractivity contribution in [3.63, 3.8) is 0 Å². The summed E-state index contributed by atoms with van der Waals surface area (Å²) >= 11 is 12.2. The van der Waals surface area contributed by atoms with Crippen LogP contribution in [0.15, 0.2) is 71.9 Å². The van der Waals surface area contributed by atoms with Gasteiger partial charge in [0.15, 0.2) is 11.0 Å². The van der Waals surface area contributed by atoms with Crippen LogP contribution in [0, 0.1) is 0 Å². The Bertz CT molecular complexity index is 1100. The monoisotopic (exact) mass is 387 g/mol. The molecule has 124 valence electrons. The average Bonchev–Trinajstić information content (AvgIpc) is 3.03. The van der Waals surface area contributed by atoms with Crippen LogP contribution in [0.25, 0.3) is 22.2 Å². The Morgan fingerprint density at radius 3 is 2.48 bits per heavy atom. The third kappa shape index (κ3) is 2.95. The number of para-hydroxylation sites is 1. The van der Waals surface area contributed by atoms with E-state index >= 15 is 0 Å². The maximum Gasteiger partial charge on any atom is 0.222 e. The van der Waals surface area contributed by atoms with E-state index in [-0.39, 0.29) is 5.28 Å². The number of hydrogen-bond acceptors (Lipinski definition) is 3. The van der Waals surface area contributed by atoms with Crippen LogP contribution in [-0.4, -0.2) is 18.1 Å². The molecular formula is C18H11Cl2N3OS. The summed E-state index contributed by atoms with van der Waals surface area (Å²) < 4.78 is 14.8. The van der Waals surface area contributed by atoms with E-state index in [1.54, 1.807) is 10.2 Å². The standard InChI is InChI=1S/C18H11Cl2N3OS/c19-15-10-21-18(20)22-17(15)14-11-23(16-9-5-4-8-13(14)16)25(24)12-6-2-1-3-7-12/h1-11H. The van der Waals surface area contributed by atoms with Crippen molar-refractivity contribution < 1.29 is 4.21 Å². The first kappa shape index (κ1) is 16.3. The second kappa shape index (κ2) is 6.59. The Kier molecular flexibility index (Phi) is 4.29. The highest BCUT2D eigenvalue weighted by Gasteiger charge is 2.18. The van der Waals surface area contributed by atoms with Crippen LogP contribution in [-0.2, 0) is 11.0 Å². The molecule has 2 aromatic heterocycles. The van der Waals surface area contributed by atoms with Gasteiger partial charge in [0.1, 0.15) is 0 Å². The predicted octanol–water partition coefficient (Wildman–Crippen LogP) is 4.98. The van der Waals surface area contributed by atoms with Gasteiger partial charge in [-0.05, 0) is 29.8 Å². The van der Waals surface area contributed by atoms with E-state index in [1.165, 1.54) is 6.20 Å². The van der Waals surface area contributed by atoms with E-state index in [0.29, 0.717) is 15.6 Å². The van der Waals surface area contributed by atoms with Crippen molar-refractivity contribution in [2.75, 3.05) is 0 Å². The van der Waals surface area contributed by atoms with Crippen molar-refractivity contribution in [2.45, 2.75) is 4.90 Å². The van der Waals surface area contributed by atoms with Crippen molar-refractivity contribution in [1.29, 1.82) is 0 Å². The van der Waals surface area contributed by atoms with Gasteiger partial charge in [-0.1, -0.05) is 48.0 Å². The number of benzene rings is 2. The molecule has 1 unspecified atom stereocenters. The van der Waals surface area contributed by atoms with Crippen LogP contribution in [0.3, 0.4) is 0 Å². The maximum atomic E-state index is 13.0. The molecule has 4 aromatic rings. The second-order valence-corrected chi connectivity index (χ2v) is 7.39. The summed E-state index contributed by atoms with van der Waals surface area (Å²) in [5.74, 6) is 0. The minimum Gasteiger partial charge on any atom is -0.262 e. The second-order valence-electron chi connectivity index (χ2n) is 5.28. The molecule has 0 spiro atoms. The van der Waals surface area contributed by atoms with E-state index in [9.17, 15) is 4.21 Å². The van der Waals surface area contributed by atoms with Gasteiger partial charge in [0.25, 0.3) is 0 Å². The average molecular weight is 388 g/mol. The van der Waals surface area contributed by atoms with Crippen molar-refractivity contribution in [3.05, 3.63) is 77.3 Å². The molecule has 0 aliphatic heterocycles. The third-order valence-electron chi connectivity index (χ3n) is 3.77. The molecule has 2 aromatic carbocycles. The van der Waals surface area contributed by atoms with Gasteiger partial charge in [-0.25, -0.2) is 14.2 Å². The lowest BCUT2D eigenvalue weighted by Gasteiger charge is -2.04. The summed E-state index contributed by atoms with van der Waals surface area (Å²) in [6, 6.07) is 17.0. The van der Waals surface area contributed by atoms with Crippen LogP contribution < -0.4 is 0 Å². The van der Waals surface area contributed by atoms with Gasteiger partial charge in [-0.3, -0.25) is 3.97 Å². The van der Waals surface area contributed by atoms with E-state index in [2.05, 4.69) is 9.97 Å². The molecule has 2 heterocycles. The van der Waals surface area contributed by atoms with Crippen LogP contribution in [0.4, 0.5) is 0 Å². The highest BCUT2D eigenvalue weighted by Crippen LogP contribution is 2.34. The normalized spacial score (nSPS) is 12.4. The van der Waals surface area contributed by atoms with Crippen molar-refractivity contribution in [3.8, 4) is 11.3 Å². The van der Waals surface area contributed by atoms with E-state index in [1.807, 2.05) is 54.6 Å². The molecule has 0 fully saturated rings. The lowest BCUT2D eigenvalue weighted by molar-refractivity contribution is 0.678. The number of halogens is 2. The molecule has 4 rings (SSSR count). The minimum atomic E-state index is -1.39. The number of nitrogens with zero attached hydrogens (tertiary/aromatic N) is 3. The molecule has 1 atom stereocenters. The molecular weight excluding hydrogens is 377 g/mol. The Balaban J connectivity index is 1.96. The minimum absolute atomic E-state index is 0.111. The van der Waals surface area contributed by atoms with Gasteiger partial charge in [0.2, 0.25) is 5.28 Å². The molecule has 7 heteroatoms. The number of hydrogen-bond donors (Lipinski definition) is 0. The molecule has 0 saturated carbocycles. The SMILES string of the molecule is O=S(c1ccccc1)n1cc(-c2nc(Cl)ncc2Cl)c2ccccc21. The van der Waals surface area contributed by atoms with Crippen molar-refractivity contribution >= 4 is 45.1 Å². The van der Waals surface area contributed by atoms with Gasteiger partial charge in [-0.2, -0.15) is 0 Å². The summed E-state index contributed by atoms with van der Waals surface area (Å²) in [7, 11) is -1.39. The quantitative estimate of drug-likeness (QED) is 0.466. The predicted molar refractivity (Wildman–Crippen MR) is 101 cm³/mol. The van der Waals surface area contributed by atoms with Crippen LogP contribution in [0.1, 0.15) is 0 Å². The largest absolute Gasteiger partial charge is 0.262 e. The van der Waals surface area contributed by atoms with Gasteiger partial charge in [0.05, 0.1) is 27.3 Å². The number of rotatable bonds is 3. The Morgan fingerprint density at radius 1 is 0.960 bits per heavy atom.